The lowest BCUT2D eigenvalue weighted by atomic mass is 9.79. The molecule has 0 N–H and O–H groups in total. The van der Waals surface area contributed by atoms with E-state index < -0.39 is 5.97 Å². The van der Waals surface area contributed by atoms with Crippen LogP contribution in [0.25, 0.3) is 0 Å². The number of carbonyl (C=O) groups excluding carboxylic acids is 3. The number of hydrogen-bond donors (Lipinski definition) is 0. The first-order chi connectivity index (χ1) is 14.2. The summed E-state index contributed by atoms with van der Waals surface area (Å²) in [4.78, 5) is 38.7. The van der Waals surface area contributed by atoms with Crippen molar-refractivity contribution in [2.45, 2.75) is 60.0 Å². The summed E-state index contributed by atoms with van der Waals surface area (Å²) in [5.41, 5.74) is 1.53. The quantitative estimate of drug-likeness (QED) is 0.461. The van der Waals surface area contributed by atoms with E-state index in [-0.39, 0.29) is 28.6 Å². The molecule has 3 rings (SSSR count). The highest BCUT2D eigenvalue weighted by molar-refractivity contribution is 6.28. The average Bonchev–Trinajstić information content (AvgIpc) is 2.76. The number of hydrogen-bond acceptors (Lipinski definition) is 4. The lowest BCUT2D eigenvalue weighted by molar-refractivity contribution is -0.0184. The molecule has 2 unspecified atom stereocenters. The van der Waals surface area contributed by atoms with Crippen molar-refractivity contribution in [2.24, 2.45) is 11.3 Å². The Morgan fingerprint density at radius 3 is 2.07 bits per heavy atom. The van der Waals surface area contributed by atoms with Crippen LogP contribution in [0, 0.1) is 11.3 Å². The Labute approximate surface area is 178 Å². The molecule has 0 heterocycles. The largest absolute Gasteiger partial charge is 0.458 e. The van der Waals surface area contributed by atoms with Crippen LogP contribution in [0.3, 0.4) is 0 Å². The minimum absolute atomic E-state index is 0.155. The number of fused-ring (bicyclic) bond motifs is 2. The maximum atomic E-state index is 13.0. The molecule has 158 valence electrons. The average molecular weight is 407 g/mol. The summed E-state index contributed by atoms with van der Waals surface area (Å²) in [6.07, 6.45) is 2.47. The molecule has 0 aliphatic heterocycles. The molecule has 0 spiro atoms. The molecular weight excluding hydrogens is 376 g/mol. The molecule has 1 aliphatic carbocycles. The molecule has 0 aromatic heterocycles. The number of ketones is 2. The zero-order valence-corrected chi connectivity index (χ0v) is 18.5. The van der Waals surface area contributed by atoms with E-state index in [1.807, 2.05) is 0 Å². The Hall–Kier alpha value is -2.75. The molecular formula is C26H30O4. The van der Waals surface area contributed by atoms with Gasteiger partial charge in [0.05, 0.1) is 5.56 Å². The van der Waals surface area contributed by atoms with Crippen molar-refractivity contribution in [1.82, 2.24) is 0 Å². The Kier molecular flexibility index (Phi) is 6.25. The first-order valence-electron chi connectivity index (χ1n) is 10.7. The molecule has 4 heteroatoms. The maximum Gasteiger partial charge on any atom is 0.338 e. The predicted molar refractivity (Wildman–Crippen MR) is 117 cm³/mol. The fraction of sp³-hybridized carbons (Fsp3) is 0.423. The second kappa shape index (κ2) is 8.55. The van der Waals surface area contributed by atoms with Crippen LogP contribution in [0.1, 0.15) is 96.1 Å². The summed E-state index contributed by atoms with van der Waals surface area (Å²) in [7, 11) is 0. The number of rotatable bonds is 7. The van der Waals surface area contributed by atoms with Gasteiger partial charge in [-0.3, -0.25) is 9.59 Å². The van der Waals surface area contributed by atoms with Gasteiger partial charge in [0.25, 0.3) is 0 Å². The van der Waals surface area contributed by atoms with Gasteiger partial charge >= 0.3 is 5.97 Å². The SMILES string of the molecule is CCC(C)CC(OC(=O)c1ccc2c(c1)C(=O)c1ccccc1C2=O)C(C)(C)CC. The van der Waals surface area contributed by atoms with Crippen molar-refractivity contribution in [3.63, 3.8) is 0 Å². The molecule has 0 fully saturated rings. The zero-order chi connectivity index (χ0) is 22.1. The van der Waals surface area contributed by atoms with Gasteiger partial charge in [-0.2, -0.15) is 0 Å². The Balaban J connectivity index is 1.90. The molecule has 0 saturated carbocycles. The molecule has 0 amide bonds. The second-order valence-corrected chi connectivity index (χ2v) is 8.95. The topological polar surface area (TPSA) is 60.4 Å². The van der Waals surface area contributed by atoms with Crippen LogP contribution < -0.4 is 0 Å². The Morgan fingerprint density at radius 2 is 1.50 bits per heavy atom. The van der Waals surface area contributed by atoms with Gasteiger partial charge in [-0.25, -0.2) is 4.79 Å². The summed E-state index contributed by atoms with van der Waals surface area (Å²) in [6, 6.07) is 11.4. The molecule has 0 bridgehead atoms. The highest BCUT2D eigenvalue weighted by Gasteiger charge is 2.34. The first kappa shape index (κ1) is 21.9. The standard InChI is InChI=1S/C26H30O4/c1-6-16(3)14-22(26(4,5)7-2)30-25(29)17-12-13-20-21(15-17)24(28)19-11-9-8-10-18(19)23(20)27/h8-13,15-16,22H,6-7,14H2,1-5H3. The summed E-state index contributed by atoms with van der Waals surface area (Å²) in [5, 5.41) is 0. The molecule has 2 atom stereocenters. The van der Waals surface area contributed by atoms with E-state index in [4.69, 9.17) is 4.74 Å². The van der Waals surface area contributed by atoms with Gasteiger partial charge in [0, 0.05) is 27.7 Å². The lowest BCUT2D eigenvalue weighted by Gasteiger charge is -2.34. The van der Waals surface area contributed by atoms with E-state index in [1.165, 1.54) is 6.07 Å². The minimum atomic E-state index is -0.452. The fourth-order valence-electron chi connectivity index (χ4n) is 3.71. The summed E-state index contributed by atoms with van der Waals surface area (Å²) < 4.78 is 5.95. The van der Waals surface area contributed by atoms with Crippen molar-refractivity contribution in [3.05, 3.63) is 70.3 Å². The van der Waals surface area contributed by atoms with E-state index in [0.29, 0.717) is 28.2 Å². The summed E-state index contributed by atoms with van der Waals surface area (Å²) in [6.45, 7) is 10.6. The molecule has 2 aromatic carbocycles. The predicted octanol–water partition coefficient (Wildman–Crippen LogP) is 5.86. The summed E-state index contributed by atoms with van der Waals surface area (Å²) >= 11 is 0. The third kappa shape index (κ3) is 4.09. The number of benzene rings is 2. The Morgan fingerprint density at radius 1 is 0.933 bits per heavy atom. The highest BCUT2D eigenvalue weighted by Crippen LogP contribution is 2.33. The van der Waals surface area contributed by atoms with Gasteiger partial charge in [0.1, 0.15) is 6.10 Å². The van der Waals surface area contributed by atoms with E-state index >= 15 is 0 Å². The van der Waals surface area contributed by atoms with Gasteiger partial charge in [0.15, 0.2) is 11.6 Å². The zero-order valence-electron chi connectivity index (χ0n) is 18.5. The van der Waals surface area contributed by atoms with Crippen LogP contribution >= 0.6 is 0 Å². The van der Waals surface area contributed by atoms with Crippen molar-refractivity contribution in [2.75, 3.05) is 0 Å². The molecule has 0 saturated heterocycles. The first-order valence-corrected chi connectivity index (χ1v) is 10.7. The van der Waals surface area contributed by atoms with Crippen molar-refractivity contribution in [3.8, 4) is 0 Å². The number of esters is 1. The molecule has 0 radical (unpaired) electrons. The van der Waals surface area contributed by atoms with E-state index in [1.54, 1.807) is 36.4 Å². The monoisotopic (exact) mass is 406 g/mol. The van der Waals surface area contributed by atoms with Gasteiger partial charge in [-0.1, -0.05) is 65.3 Å². The molecule has 30 heavy (non-hydrogen) atoms. The smallest absolute Gasteiger partial charge is 0.338 e. The van der Waals surface area contributed by atoms with Crippen molar-refractivity contribution in [1.29, 1.82) is 0 Å². The minimum Gasteiger partial charge on any atom is -0.458 e. The van der Waals surface area contributed by atoms with Crippen molar-refractivity contribution >= 4 is 17.5 Å². The van der Waals surface area contributed by atoms with Crippen LogP contribution in [-0.2, 0) is 4.74 Å². The third-order valence-electron chi connectivity index (χ3n) is 6.51. The molecule has 2 aromatic rings. The number of carbonyl (C=O) groups is 3. The second-order valence-electron chi connectivity index (χ2n) is 8.95. The number of ether oxygens (including phenoxy) is 1. The van der Waals surface area contributed by atoms with Crippen LogP contribution in [0.5, 0.6) is 0 Å². The highest BCUT2D eigenvalue weighted by atomic mass is 16.5. The third-order valence-corrected chi connectivity index (χ3v) is 6.51. The Bertz CT molecular complexity index is 986. The normalized spacial score (nSPS) is 15.2. The fourth-order valence-corrected chi connectivity index (χ4v) is 3.71. The van der Waals surface area contributed by atoms with Crippen LogP contribution in [0.4, 0.5) is 0 Å². The summed E-state index contributed by atoms with van der Waals surface area (Å²) in [5.74, 6) is -0.443. The van der Waals surface area contributed by atoms with Crippen LogP contribution in [0.15, 0.2) is 42.5 Å². The maximum absolute atomic E-state index is 13.0. The molecule has 4 nitrogen and oxygen atoms in total. The van der Waals surface area contributed by atoms with E-state index in [2.05, 4.69) is 34.6 Å². The lowest BCUT2D eigenvalue weighted by Crippen LogP contribution is -2.35. The van der Waals surface area contributed by atoms with Gasteiger partial charge in [-0.05, 0) is 37.0 Å². The van der Waals surface area contributed by atoms with Gasteiger partial charge < -0.3 is 4.74 Å². The van der Waals surface area contributed by atoms with Crippen molar-refractivity contribution < 1.29 is 19.1 Å². The van der Waals surface area contributed by atoms with Gasteiger partial charge in [-0.15, -0.1) is 0 Å². The van der Waals surface area contributed by atoms with E-state index in [9.17, 15) is 14.4 Å². The molecule has 1 aliphatic rings. The van der Waals surface area contributed by atoms with Gasteiger partial charge in [0.2, 0.25) is 0 Å². The van der Waals surface area contributed by atoms with E-state index in [0.717, 1.165) is 19.3 Å². The van der Waals surface area contributed by atoms with Crippen LogP contribution in [-0.4, -0.2) is 23.6 Å². The van der Waals surface area contributed by atoms with Crippen LogP contribution in [0.2, 0.25) is 0 Å².